The van der Waals surface area contributed by atoms with E-state index in [1.54, 1.807) is 0 Å². The van der Waals surface area contributed by atoms with Crippen LogP contribution in [-0.4, -0.2) is 129 Å². The van der Waals surface area contributed by atoms with Crippen LogP contribution in [0.25, 0.3) is 11.9 Å². The Labute approximate surface area is 276 Å². The molecule has 0 saturated heterocycles. The van der Waals surface area contributed by atoms with Crippen LogP contribution in [0, 0.1) is 0 Å². The summed E-state index contributed by atoms with van der Waals surface area (Å²) in [6.45, 7) is 7.10. The van der Waals surface area contributed by atoms with Gasteiger partial charge in [-0.1, -0.05) is 6.58 Å². The number of allylic oxidation sites excluding steroid dienone is 1. The Morgan fingerprint density at radius 1 is 0.740 bits per heavy atom. The van der Waals surface area contributed by atoms with E-state index >= 15 is 0 Å². The monoisotopic (exact) mass is 682 g/mol. The largest absolute Gasteiger partial charge is 0.368 e. The first-order chi connectivity index (χ1) is 24.5. The van der Waals surface area contributed by atoms with Crippen LogP contribution < -0.4 is 38.5 Å². The summed E-state index contributed by atoms with van der Waals surface area (Å²) in [6, 6.07) is 0. The molecule has 0 bridgehead atoms. The van der Waals surface area contributed by atoms with Gasteiger partial charge in [0, 0.05) is 12.9 Å². The van der Waals surface area contributed by atoms with Crippen molar-refractivity contribution in [1.82, 2.24) is 90.9 Å². The van der Waals surface area contributed by atoms with Crippen molar-refractivity contribution in [1.29, 1.82) is 0 Å². The van der Waals surface area contributed by atoms with E-state index in [0.29, 0.717) is 18.1 Å². The van der Waals surface area contributed by atoms with E-state index in [1.807, 2.05) is 0 Å². The van der Waals surface area contributed by atoms with Crippen LogP contribution in [0.2, 0.25) is 0 Å². The third-order valence-corrected chi connectivity index (χ3v) is 5.44. The summed E-state index contributed by atoms with van der Waals surface area (Å²) in [5.74, 6) is 1.08. The fraction of sp³-hybridized carbons (Fsp3) is 0.100. The molecule has 1 aliphatic rings. The van der Waals surface area contributed by atoms with Gasteiger partial charge in [0.05, 0.1) is 31.1 Å². The molecule has 6 rings (SSSR count). The molecule has 5 aromatic heterocycles. The van der Waals surface area contributed by atoms with Gasteiger partial charge in [-0.25, -0.2) is 36.8 Å². The van der Waals surface area contributed by atoms with E-state index < -0.39 is 0 Å². The zero-order valence-corrected chi connectivity index (χ0v) is 25.1. The highest BCUT2D eigenvalue weighted by Crippen LogP contribution is 2.12. The molecule has 0 unspecified atom stereocenters. The number of hydrazone groups is 4. The summed E-state index contributed by atoms with van der Waals surface area (Å²) in [4.78, 5) is 20.6. The Bertz CT molecular complexity index is 2090. The molecule has 0 saturated carbocycles. The summed E-state index contributed by atoms with van der Waals surface area (Å²) in [7, 11) is 0. The summed E-state index contributed by atoms with van der Waals surface area (Å²) >= 11 is 0. The molecule has 252 valence electrons. The maximum absolute atomic E-state index is 5.92. The van der Waals surface area contributed by atoms with Crippen LogP contribution in [-0.2, 0) is 6.42 Å². The Hall–Kier alpha value is -8.34. The molecule has 50 heavy (non-hydrogen) atoms. The minimum absolute atomic E-state index is 0.00801. The molecule has 1 aliphatic heterocycles. The van der Waals surface area contributed by atoms with Crippen molar-refractivity contribution >= 4 is 78.7 Å². The van der Waals surface area contributed by atoms with Crippen molar-refractivity contribution in [3.05, 3.63) is 18.5 Å². The molecule has 0 aliphatic carbocycles. The van der Waals surface area contributed by atoms with Gasteiger partial charge in [0.25, 0.3) is 35.7 Å². The normalized spacial score (nSPS) is 12.7. The molecule has 0 spiro atoms. The minimum atomic E-state index is -0.0569. The third-order valence-electron chi connectivity index (χ3n) is 5.44. The first-order valence-electron chi connectivity index (χ1n) is 13.6. The number of rotatable bonds is 15. The second-order valence-electron chi connectivity index (χ2n) is 8.85. The van der Waals surface area contributed by atoms with Crippen molar-refractivity contribution in [3.8, 4) is 11.9 Å². The second-order valence-corrected chi connectivity index (χ2v) is 8.85. The van der Waals surface area contributed by atoms with E-state index in [-0.39, 0.29) is 65.9 Å². The number of hydrogen-bond donors (Lipinski definition) is 8. The van der Waals surface area contributed by atoms with Crippen LogP contribution in [0.1, 0.15) is 5.82 Å². The zero-order valence-electron chi connectivity index (χ0n) is 25.1. The number of hydrogen-bond acceptors (Lipinski definition) is 27. The topological polar surface area (TPSA) is 392 Å². The van der Waals surface area contributed by atoms with Gasteiger partial charge >= 0.3 is 0 Å². The average Bonchev–Trinajstić information content (AvgIpc) is 3.92. The lowest BCUT2D eigenvalue weighted by molar-refractivity contribution is 0.707. The molecule has 0 amide bonds. The summed E-state index contributed by atoms with van der Waals surface area (Å²) in [5, 5.41) is 64.3. The summed E-state index contributed by atoms with van der Waals surface area (Å²) < 4.78 is 2.25. The molecule has 6 heterocycles. The Morgan fingerprint density at radius 3 is 2.06 bits per heavy atom. The Morgan fingerprint density at radius 2 is 1.38 bits per heavy atom. The highest BCUT2D eigenvalue weighted by Gasteiger charge is 2.16. The summed E-state index contributed by atoms with van der Waals surface area (Å²) in [5.41, 5.74) is 22.7. The van der Waals surface area contributed by atoms with E-state index in [1.165, 1.54) is 24.7 Å². The van der Waals surface area contributed by atoms with Gasteiger partial charge < -0.3 is 11.5 Å². The molecular weight excluding hydrogens is 660 g/mol. The van der Waals surface area contributed by atoms with Gasteiger partial charge in [-0.15, -0.1) is 56.1 Å². The van der Waals surface area contributed by atoms with Crippen LogP contribution in [0.15, 0.2) is 43.0 Å². The maximum Gasteiger partial charge on any atom is 0.292 e. The van der Waals surface area contributed by atoms with Crippen molar-refractivity contribution in [2.75, 3.05) is 39.6 Å². The van der Waals surface area contributed by atoms with E-state index in [0.717, 1.165) is 9.36 Å². The molecular formula is C20H22N30. The smallest absolute Gasteiger partial charge is 0.292 e. The molecule has 10 N–H and O–H groups in total. The van der Waals surface area contributed by atoms with Gasteiger partial charge in [0.1, 0.15) is 0 Å². The van der Waals surface area contributed by atoms with Crippen LogP contribution in [0.4, 0.5) is 41.6 Å². The lowest BCUT2D eigenvalue weighted by atomic mass is 10.2. The van der Waals surface area contributed by atoms with Crippen LogP contribution in [0.5, 0.6) is 0 Å². The number of nitrogens with one attached hydrogen (secondary N) is 6. The fourth-order valence-electron chi connectivity index (χ4n) is 3.47. The number of nitrogens with zero attached hydrogens (tertiary/aromatic N) is 22. The van der Waals surface area contributed by atoms with Gasteiger partial charge in [-0.2, -0.15) is 44.7 Å². The molecule has 5 aromatic rings. The minimum Gasteiger partial charge on any atom is -0.368 e. The van der Waals surface area contributed by atoms with Crippen molar-refractivity contribution < 1.29 is 0 Å². The predicted molar refractivity (Wildman–Crippen MR) is 176 cm³/mol. The average molecular weight is 683 g/mol. The number of aromatic nitrogens is 17. The molecule has 0 fully saturated rings. The van der Waals surface area contributed by atoms with E-state index in [2.05, 4.69) is 147 Å². The van der Waals surface area contributed by atoms with E-state index in [9.17, 15) is 0 Å². The molecule has 30 heteroatoms. The van der Waals surface area contributed by atoms with Crippen molar-refractivity contribution in [3.63, 3.8) is 0 Å². The fourth-order valence-corrected chi connectivity index (χ4v) is 3.47. The third kappa shape index (κ3) is 7.89. The molecule has 0 aromatic carbocycles. The van der Waals surface area contributed by atoms with Crippen molar-refractivity contribution in [2.45, 2.75) is 6.42 Å². The second kappa shape index (κ2) is 14.8. The van der Waals surface area contributed by atoms with Gasteiger partial charge in [-0.05, 0) is 6.08 Å². The highest BCUT2D eigenvalue weighted by molar-refractivity contribution is 6.16. The Balaban J connectivity index is 0.946. The number of nitrogen functional groups attached to an aromatic ring is 2. The standard InChI is InChI=1S/C20H22N30/c1-3-4-25-37-15-31-14(39-40-15)32-16-41-45-20(46-42-16)50-12(22)30-18(48-50)38-27-6-5-26-36-13-24-8-9(28-13)7-10-33-43-19(44-34-10)49-11(21)29-17(47-49)35-23-2/h3-6H,1-2,7-8H2,(H,24,36)(H3,21,29,35,47)(H3,22,30,38,48)(H3,31,32,37,39,40,41,42)/b25-4+,26-5+,27-6+. The van der Waals surface area contributed by atoms with Gasteiger partial charge in [0.15, 0.2) is 5.82 Å². The Kier molecular flexibility index (Phi) is 9.39. The number of aromatic amines is 1. The SMILES string of the molecule is C=C/C=N/Nc1nc(Nc2nnc(-n3nc(N/N=C/C=N/NC4=NCC(Cc5nnc(-n6nc(NN=C)nc6N)nn5)=N4)nc3N)nn2)n[nH]1. The number of H-pyrrole nitrogens is 1. The van der Waals surface area contributed by atoms with E-state index in [4.69, 9.17) is 11.5 Å². The molecule has 0 radical (unpaired) electrons. The highest BCUT2D eigenvalue weighted by atomic mass is 15.5. The van der Waals surface area contributed by atoms with Gasteiger partial charge in [-0.3, -0.25) is 5.32 Å². The molecule has 30 nitrogen and oxygen atoms in total. The number of guanidine groups is 1. The quantitative estimate of drug-likeness (QED) is 0.0395. The van der Waals surface area contributed by atoms with Crippen molar-refractivity contribution in [2.24, 2.45) is 30.4 Å². The maximum atomic E-state index is 5.92. The number of nitrogens with two attached hydrogens (primary N) is 2. The lowest BCUT2D eigenvalue weighted by Crippen LogP contribution is -2.15. The first-order valence-corrected chi connectivity index (χ1v) is 13.6. The van der Waals surface area contributed by atoms with Gasteiger partial charge in [0.2, 0.25) is 23.8 Å². The lowest BCUT2D eigenvalue weighted by Gasteiger charge is -2.00. The summed E-state index contributed by atoms with van der Waals surface area (Å²) in [6.07, 6.45) is 5.84. The predicted octanol–water partition coefficient (Wildman–Crippen LogP) is -3.33. The van der Waals surface area contributed by atoms with Crippen LogP contribution in [0.3, 0.4) is 0 Å². The van der Waals surface area contributed by atoms with Crippen LogP contribution >= 0.6 is 0 Å². The first kappa shape index (κ1) is 31.6. The zero-order chi connectivity index (χ0) is 34.7. The number of anilines is 7. The molecule has 0 atom stereocenters. The number of aliphatic imine (C=N–C) groups is 2.